The lowest BCUT2D eigenvalue weighted by atomic mass is 10.1. The van der Waals surface area contributed by atoms with E-state index in [1.54, 1.807) is 0 Å². The van der Waals surface area contributed by atoms with Crippen molar-refractivity contribution in [3.05, 3.63) is 44.9 Å². The minimum absolute atomic E-state index is 0.741. The van der Waals surface area contributed by atoms with Gasteiger partial charge in [-0.3, -0.25) is 0 Å². The van der Waals surface area contributed by atoms with Crippen molar-refractivity contribution in [2.45, 2.75) is 13.8 Å². The third-order valence-corrected chi connectivity index (χ3v) is 3.76. The van der Waals surface area contributed by atoms with Crippen LogP contribution in [0, 0.1) is 13.8 Å². The summed E-state index contributed by atoms with van der Waals surface area (Å²) < 4.78 is 6.96. The fraction of sp³-hybridized carbons (Fsp3) is 0.143. The molecule has 17 heavy (non-hydrogen) atoms. The molecule has 1 aromatic heterocycles. The summed E-state index contributed by atoms with van der Waals surface area (Å²) in [5.74, 6) is 0. The van der Waals surface area contributed by atoms with Crippen LogP contribution >= 0.6 is 27.5 Å². The first-order valence-electron chi connectivity index (χ1n) is 5.35. The number of rotatable bonds is 0. The largest absolute Gasteiger partial charge is 0.456 e. The average Bonchev–Trinajstić information content (AvgIpc) is 2.56. The molecule has 3 heteroatoms. The molecule has 0 saturated heterocycles. The molecule has 3 rings (SSSR count). The summed E-state index contributed by atoms with van der Waals surface area (Å²) in [6.07, 6.45) is 0. The minimum atomic E-state index is 0.741. The van der Waals surface area contributed by atoms with Crippen molar-refractivity contribution < 1.29 is 4.42 Å². The maximum atomic E-state index is 6.11. The molecule has 86 valence electrons. The number of halogens is 2. The van der Waals surface area contributed by atoms with E-state index in [1.807, 2.05) is 25.1 Å². The highest BCUT2D eigenvalue weighted by molar-refractivity contribution is 9.10. The summed E-state index contributed by atoms with van der Waals surface area (Å²) in [4.78, 5) is 0. The van der Waals surface area contributed by atoms with Crippen molar-refractivity contribution in [3.8, 4) is 0 Å². The lowest BCUT2D eigenvalue weighted by Crippen LogP contribution is -1.76. The van der Waals surface area contributed by atoms with Crippen LogP contribution in [-0.4, -0.2) is 0 Å². The third-order valence-electron chi connectivity index (χ3n) is 2.92. The fourth-order valence-electron chi connectivity index (χ4n) is 2.21. The first-order chi connectivity index (χ1) is 8.06. The molecule has 0 aliphatic rings. The first-order valence-corrected chi connectivity index (χ1v) is 6.52. The lowest BCUT2D eigenvalue weighted by Gasteiger charge is -1.97. The van der Waals surface area contributed by atoms with E-state index in [0.29, 0.717) is 0 Å². The van der Waals surface area contributed by atoms with E-state index in [0.717, 1.165) is 37.0 Å². The van der Waals surface area contributed by atoms with E-state index < -0.39 is 0 Å². The van der Waals surface area contributed by atoms with Gasteiger partial charge in [-0.15, -0.1) is 0 Å². The van der Waals surface area contributed by atoms with Crippen LogP contribution in [0.25, 0.3) is 21.9 Å². The van der Waals surface area contributed by atoms with Crippen molar-refractivity contribution in [3.63, 3.8) is 0 Å². The van der Waals surface area contributed by atoms with Crippen LogP contribution in [0.4, 0.5) is 0 Å². The van der Waals surface area contributed by atoms with Gasteiger partial charge in [0.1, 0.15) is 11.2 Å². The molecular formula is C14H10BrClO. The smallest absolute Gasteiger partial charge is 0.138 e. The molecular weight excluding hydrogens is 300 g/mol. The molecule has 0 fully saturated rings. The summed E-state index contributed by atoms with van der Waals surface area (Å²) in [6.45, 7) is 4.06. The Morgan fingerprint density at radius 2 is 1.88 bits per heavy atom. The number of fused-ring (bicyclic) bond motifs is 3. The van der Waals surface area contributed by atoms with Crippen LogP contribution in [0.2, 0.25) is 5.02 Å². The molecule has 0 bridgehead atoms. The second kappa shape index (κ2) is 3.76. The number of hydrogen-bond acceptors (Lipinski definition) is 1. The van der Waals surface area contributed by atoms with E-state index >= 15 is 0 Å². The Bertz CT molecular complexity index is 743. The van der Waals surface area contributed by atoms with Crippen LogP contribution in [0.3, 0.4) is 0 Å². The molecule has 0 aliphatic heterocycles. The Morgan fingerprint density at radius 3 is 2.65 bits per heavy atom. The van der Waals surface area contributed by atoms with Crippen molar-refractivity contribution in [1.29, 1.82) is 0 Å². The van der Waals surface area contributed by atoms with Crippen molar-refractivity contribution in [2.75, 3.05) is 0 Å². The molecule has 0 atom stereocenters. The van der Waals surface area contributed by atoms with E-state index in [2.05, 4.69) is 28.9 Å². The molecule has 1 heterocycles. The SMILES string of the molecule is Cc1cc(Br)c2c(c1)oc1c(C)cc(Cl)cc12. The quantitative estimate of drug-likeness (QED) is 0.525. The maximum absolute atomic E-state index is 6.11. The Hall–Kier alpha value is -0.990. The summed E-state index contributed by atoms with van der Waals surface area (Å²) in [7, 11) is 0. The Labute approximate surface area is 112 Å². The molecule has 0 aliphatic carbocycles. The monoisotopic (exact) mass is 308 g/mol. The third kappa shape index (κ3) is 1.67. The van der Waals surface area contributed by atoms with Gasteiger partial charge in [0.05, 0.1) is 0 Å². The molecule has 0 N–H and O–H groups in total. The van der Waals surface area contributed by atoms with Gasteiger partial charge >= 0.3 is 0 Å². The van der Waals surface area contributed by atoms with E-state index in [1.165, 1.54) is 5.56 Å². The fourth-order valence-corrected chi connectivity index (χ4v) is 3.26. The first kappa shape index (κ1) is 11.1. The average molecular weight is 310 g/mol. The summed E-state index contributed by atoms with van der Waals surface area (Å²) in [5, 5.41) is 2.90. The summed E-state index contributed by atoms with van der Waals surface area (Å²) in [5.41, 5.74) is 4.05. The highest BCUT2D eigenvalue weighted by atomic mass is 79.9. The highest BCUT2D eigenvalue weighted by Gasteiger charge is 2.13. The summed E-state index contributed by atoms with van der Waals surface area (Å²) >= 11 is 9.70. The second-order valence-electron chi connectivity index (χ2n) is 4.32. The number of hydrogen-bond donors (Lipinski definition) is 0. The predicted octanol–water partition coefficient (Wildman–Crippen LogP) is 5.62. The van der Waals surface area contributed by atoms with Crippen LogP contribution in [0.15, 0.2) is 33.2 Å². The Balaban J connectivity index is 2.60. The van der Waals surface area contributed by atoms with Crippen molar-refractivity contribution >= 4 is 49.5 Å². The van der Waals surface area contributed by atoms with Crippen LogP contribution in [-0.2, 0) is 0 Å². The van der Waals surface area contributed by atoms with Gasteiger partial charge in [-0.25, -0.2) is 0 Å². The number of aryl methyl sites for hydroxylation is 2. The second-order valence-corrected chi connectivity index (χ2v) is 5.61. The number of furan rings is 1. The Morgan fingerprint density at radius 1 is 1.12 bits per heavy atom. The van der Waals surface area contributed by atoms with Gasteiger partial charge in [0, 0.05) is 20.3 Å². The van der Waals surface area contributed by atoms with E-state index in [-0.39, 0.29) is 0 Å². The topological polar surface area (TPSA) is 13.1 Å². The van der Waals surface area contributed by atoms with Crippen molar-refractivity contribution in [2.24, 2.45) is 0 Å². The highest BCUT2D eigenvalue weighted by Crippen LogP contribution is 2.37. The molecule has 3 aromatic rings. The molecule has 0 amide bonds. The zero-order chi connectivity index (χ0) is 12.2. The predicted molar refractivity (Wildman–Crippen MR) is 75.9 cm³/mol. The standard InChI is InChI=1S/C14H10BrClO/c1-7-3-11(15)13-10-6-9(16)5-8(2)14(10)17-12(13)4-7/h3-6H,1-2H3. The zero-order valence-corrected chi connectivity index (χ0v) is 11.8. The van der Waals surface area contributed by atoms with Gasteiger partial charge in [0.2, 0.25) is 0 Å². The molecule has 1 nitrogen and oxygen atoms in total. The van der Waals surface area contributed by atoms with E-state index in [9.17, 15) is 0 Å². The maximum Gasteiger partial charge on any atom is 0.138 e. The van der Waals surface area contributed by atoms with Gasteiger partial charge in [-0.2, -0.15) is 0 Å². The minimum Gasteiger partial charge on any atom is -0.456 e. The lowest BCUT2D eigenvalue weighted by molar-refractivity contribution is 0.665. The van der Waals surface area contributed by atoms with Gasteiger partial charge in [-0.05, 0) is 49.2 Å². The number of benzene rings is 2. The van der Waals surface area contributed by atoms with Crippen LogP contribution < -0.4 is 0 Å². The van der Waals surface area contributed by atoms with Gasteiger partial charge < -0.3 is 4.42 Å². The van der Waals surface area contributed by atoms with Crippen molar-refractivity contribution in [1.82, 2.24) is 0 Å². The Kier molecular flexibility index (Phi) is 2.46. The zero-order valence-electron chi connectivity index (χ0n) is 9.47. The molecule has 0 unspecified atom stereocenters. The molecule has 0 radical (unpaired) electrons. The molecule has 0 saturated carbocycles. The molecule has 0 spiro atoms. The van der Waals surface area contributed by atoms with Gasteiger partial charge in [-0.1, -0.05) is 27.5 Å². The van der Waals surface area contributed by atoms with Gasteiger partial charge in [0.15, 0.2) is 0 Å². The normalized spacial score (nSPS) is 11.5. The van der Waals surface area contributed by atoms with Crippen LogP contribution in [0.5, 0.6) is 0 Å². The van der Waals surface area contributed by atoms with Crippen LogP contribution in [0.1, 0.15) is 11.1 Å². The van der Waals surface area contributed by atoms with Gasteiger partial charge in [0.25, 0.3) is 0 Å². The molecule has 2 aromatic carbocycles. The van der Waals surface area contributed by atoms with E-state index in [4.69, 9.17) is 16.0 Å². The summed E-state index contributed by atoms with van der Waals surface area (Å²) in [6, 6.07) is 8.02.